The van der Waals surface area contributed by atoms with Gasteiger partial charge in [-0.05, 0) is 97.7 Å². The van der Waals surface area contributed by atoms with Crippen LogP contribution in [0.25, 0.3) is 0 Å². The fraction of sp³-hybridized carbons (Fsp3) is 0.545. The van der Waals surface area contributed by atoms with Gasteiger partial charge in [0.25, 0.3) is 10.0 Å². The Morgan fingerprint density at radius 2 is 2.05 bits per heavy atom. The molecule has 0 radical (unpaired) electrons. The average molecular weight is 629 g/mol. The van der Waals surface area contributed by atoms with E-state index in [9.17, 15) is 18.3 Å². The van der Waals surface area contributed by atoms with Gasteiger partial charge in [-0.25, -0.2) is 13.1 Å². The predicted molar refractivity (Wildman–Crippen MR) is 166 cm³/mol. The van der Waals surface area contributed by atoms with Crippen LogP contribution in [0.5, 0.6) is 5.75 Å². The molecule has 2 N–H and O–H groups in total. The van der Waals surface area contributed by atoms with E-state index in [0.29, 0.717) is 37.6 Å². The van der Waals surface area contributed by atoms with Crippen molar-refractivity contribution in [3.05, 3.63) is 64.7 Å². The first-order chi connectivity index (χ1) is 20.6. The summed E-state index contributed by atoms with van der Waals surface area (Å²) >= 11 is 6.39. The van der Waals surface area contributed by atoms with Gasteiger partial charge in [0.15, 0.2) is 0 Å². The second kappa shape index (κ2) is 12.1. The summed E-state index contributed by atoms with van der Waals surface area (Å²) in [5.74, 6) is -0.510. The minimum absolute atomic E-state index is 0.0148. The van der Waals surface area contributed by atoms with Crippen molar-refractivity contribution in [1.82, 2.24) is 4.72 Å². The normalized spacial score (nSPS) is 32.0. The summed E-state index contributed by atoms with van der Waals surface area (Å²) < 4.78 is 41.3. The van der Waals surface area contributed by atoms with Crippen LogP contribution in [0.4, 0.5) is 5.69 Å². The highest BCUT2D eigenvalue weighted by molar-refractivity contribution is 7.90. The number of methoxy groups -OCH3 is 1. The number of benzene rings is 2. The zero-order chi connectivity index (χ0) is 30.4. The van der Waals surface area contributed by atoms with Crippen molar-refractivity contribution in [3.63, 3.8) is 0 Å². The molecule has 6 rings (SSSR count). The van der Waals surface area contributed by atoms with E-state index >= 15 is 0 Å². The van der Waals surface area contributed by atoms with Gasteiger partial charge in [-0.2, -0.15) is 0 Å². The molecule has 1 spiro atoms. The van der Waals surface area contributed by atoms with E-state index < -0.39 is 28.0 Å². The number of carbonyl (C=O) groups is 1. The molecule has 0 saturated heterocycles. The van der Waals surface area contributed by atoms with Gasteiger partial charge in [0.2, 0.25) is 5.91 Å². The lowest BCUT2D eigenvalue weighted by Crippen LogP contribution is -2.49. The highest BCUT2D eigenvalue weighted by atomic mass is 35.5. The first-order valence-corrected chi connectivity index (χ1v) is 17.2. The van der Waals surface area contributed by atoms with E-state index in [0.717, 1.165) is 37.1 Å². The summed E-state index contributed by atoms with van der Waals surface area (Å²) in [6.45, 7) is 3.76. The molecule has 1 fully saturated rings. The summed E-state index contributed by atoms with van der Waals surface area (Å²) in [6, 6.07) is 11.0. The summed E-state index contributed by atoms with van der Waals surface area (Å²) in [4.78, 5) is 15.6. The van der Waals surface area contributed by atoms with Gasteiger partial charge in [0.05, 0.1) is 35.8 Å². The van der Waals surface area contributed by atoms with Crippen LogP contribution in [0.1, 0.15) is 50.2 Å². The fourth-order valence-electron chi connectivity index (χ4n) is 7.50. The van der Waals surface area contributed by atoms with E-state index in [4.69, 9.17) is 21.1 Å². The van der Waals surface area contributed by atoms with E-state index in [-0.39, 0.29) is 34.7 Å². The monoisotopic (exact) mass is 628 g/mol. The van der Waals surface area contributed by atoms with Crippen LogP contribution >= 0.6 is 11.6 Å². The molecule has 232 valence electrons. The van der Waals surface area contributed by atoms with Crippen LogP contribution in [-0.2, 0) is 31.4 Å². The van der Waals surface area contributed by atoms with E-state index in [1.165, 1.54) is 24.3 Å². The fourth-order valence-corrected chi connectivity index (χ4v) is 8.74. The third kappa shape index (κ3) is 5.93. The van der Waals surface area contributed by atoms with Gasteiger partial charge in [0, 0.05) is 30.6 Å². The number of sulfonamides is 1. The molecule has 2 heterocycles. The lowest BCUT2D eigenvalue weighted by Gasteiger charge is -2.45. The highest BCUT2D eigenvalue weighted by Crippen LogP contribution is 2.47. The number of amides is 1. The molecule has 1 saturated carbocycles. The number of hydrogen-bond donors (Lipinski definition) is 2. The Labute approximate surface area is 259 Å². The molecule has 6 atom stereocenters. The van der Waals surface area contributed by atoms with Crippen LogP contribution in [0, 0.1) is 23.7 Å². The van der Waals surface area contributed by atoms with Crippen LogP contribution in [0.2, 0.25) is 5.02 Å². The molecular formula is C33H41ClN2O6S. The minimum Gasteiger partial charge on any atom is -0.490 e. The molecule has 8 nitrogen and oxygen atoms in total. The Morgan fingerprint density at radius 3 is 2.81 bits per heavy atom. The number of aliphatic hydroxyl groups excluding tert-OH is 1. The van der Waals surface area contributed by atoms with E-state index in [1.807, 2.05) is 25.1 Å². The number of carbonyl (C=O) groups excluding carboxylic acids is 1. The van der Waals surface area contributed by atoms with Crippen LogP contribution in [0.15, 0.2) is 53.4 Å². The Morgan fingerprint density at radius 1 is 1.21 bits per heavy atom. The van der Waals surface area contributed by atoms with Crippen molar-refractivity contribution in [3.8, 4) is 5.75 Å². The zero-order valence-electron chi connectivity index (χ0n) is 24.8. The van der Waals surface area contributed by atoms with Crippen LogP contribution < -0.4 is 14.4 Å². The lowest BCUT2D eigenvalue weighted by atomic mass is 9.68. The minimum atomic E-state index is -4.16. The third-order valence-electron chi connectivity index (χ3n) is 10.1. The van der Waals surface area contributed by atoms with Crippen LogP contribution in [-0.4, -0.2) is 58.9 Å². The number of nitrogens with zero attached hydrogens (tertiary/aromatic N) is 1. The smallest absolute Gasteiger partial charge is 0.264 e. The number of aryl methyl sites for hydroxylation is 1. The molecule has 2 aliphatic carbocycles. The lowest BCUT2D eigenvalue weighted by molar-refractivity contribution is -0.126. The zero-order valence-corrected chi connectivity index (χ0v) is 26.4. The number of fused-ring (bicyclic) bond motifs is 4. The Hall–Kier alpha value is -2.59. The number of halogens is 1. The van der Waals surface area contributed by atoms with Gasteiger partial charge in [-0.15, -0.1) is 0 Å². The molecule has 2 aliphatic heterocycles. The molecular weight excluding hydrogens is 588 g/mol. The topological polar surface area (TPSA) is 105 Å². The van der Waals surface area contributed by atoms with Gasteiger partial charge in [-0.3, -0.25) is 4.79 Å². The molecule has 43 heavy (non-hydrogen) atoms. The predicted octanol–water partition coefficient (Wildman–Crippen LogP) is 4.86. The van der Waals surface area contributed by atoms with E-state index in [1.54, 1.807) is 12.1 Å². The van der Waals surface area contributed by atoms with Gasteiger partial charge in [0.1, 0.15) is 5.75 Å². The van der Waals surface area contributed by atoms with E-state index in [2.05, 4.69) is 21.8 Å². The van der Waals surface area contributed by atoms with Crippen LogP contribution in [0.3, 0.4) is 0 Å². The van der Waals surface area contributed by atoms with Crippen molar-refractivity contribution in [2.75, 3.05) is 38.3 Å². The highest BCUT2D eigenvalue weighted by Gasteiger charge is 2.44. The molecule has 0 aromatic heterocycles. The number of hydrogen-bond acceptors (Lipinski definition) is 7. The molecule has 2 aromatic carbocycles. The standard InChI is InChI=1S/C33H41ClN2O6S/c1-21-5-3-7-30(37)26-11-8-23(26)17-36-19-33(14-4-6-22-15-24(34)9-12-28(22)33)20-42-31-13-10-25(16-29(31)36)43(39,40)35-32(38)27(21)18-41-2/h3,7,9-10,12-13,15-16,21,23,26-27,30,37H,4-6,8,11,14,17-20H2,1-2H3,(H,35,38)/t21-,23-,26+,27+,30+,33-/m0/s1. The number of rotatable bonds is 2. The average Bonchev–Trinajstić information content (AvgIpc) is 3.10. The van der Waals surface area contributed by atoms with Crippen molar-refractivity contribution in [2.24, 2.45) is 23.7 Å². The molecule has 10 heteroatoms. The number of anilines is 1. The molecule has 2 bridgehead atoms. The van der Waals surface area contributed by atoms with Gasteiger partial charge in [-0.1, -0.05) is 36.7 Å². The Balaban J connectivity index is 1.43. The van der Waals surface area contributed by atoms with Gasteiger partial charge >= 0.3 is 0 Å². The number of nitrogens with one attached hydrogen (secondary N) is 1. The van der Waals surface area contributed by atoms with Crippen molar-refractivity contribution >= 4 is 33.2 Å². The maximum Gasteiger partial charge on any atom is 0.264 e. The maximum atomic E-state index is 13.6. The molecule has 4 aliphatic rings. The summed E-state index contributed by atoms with van der Waals surface area (Å²) in [5, 5.41) is 11.9. The number of allylic oxidation sites excluding steroid dienone is 1. The third-order valence-corrected chi connectivity index (χ3v) is 11.7. The summed E-state index contributed by atoms with van der Waals surface area (Å²) in [7, 11) is -2.67. The summed E-state index contributed by atoms with van der Waals surface area (Å²) in [5.41, 5.74) is 2.86. The SMILES string of the molecule is COC[C@H]1C(=O)NS(=O)(=O)c2ccc3c(c2)N(C[C@@H]2CC[C@H]2[C@H](O)C=CC[C@@H]1C)C[C@@]1(CCCc2cc(Cl)ccc21)CO3. The molecule has 2 aromatic rings. The van der Waals surface area contributed by atoms with Crippen molar-refractivity contribution < 1.29 is 27.8 Å². The first-order valence-electron chi connectivity index (χ1n) is 15.3. The Kier molecular flexibility index (Phi) is 8.54. The van der Waals surface area contributed by atoms with Crippen molar-refractivity contribution in [2.45, 2.75) is 61.9 Å². The molecule has 1 amide bonds. The quantitative estimate of drug-likeness (QED) is 0.458. The second-order valence-electron chi connectivity index (χ2n) is 12.9. The largest absolute Gasteiger partial charge is 0.490 e. The Bertz CT molecular complexity index is 1510. The number of aliphatic hydroxyl groups is 1. The van der Waals surface area contributed by atoms with Crippen molar-refractivity contribution in [1.29, 1.82) is 0 Å². The summed E-state index contributed by atoms with van der Waals surface area (Å²) in [6.07, 6.45) is 8.51. The van der Waals surface area contributed by atoms with Gasteiger partial charge < -0.3 is 19.5 Å². The first kappa shape index (κ1) is 30.4. The number of ether oxygens (including phenoxy) is 2. The second-order valence-corrected chi connectivity index (χ2v) is 15.0. The maximum absolute atomic E-state index is 13.6. The molecule has 0 unspecified atom stereocenters.